The summed E-state index contributed by atoms with van der Waals surface area (Å²) in [5.74, 6) is 0.657. The maximum Gasteiger partial charge on any atom is 0.333 e. The van der Waals surface area contributed by atoms with Crippen molar-refractivity contribution < 1.29 is 23.6 Å². The van der Waals surface area contributed by atoms with Gasteiger partial charge in [0.25, 0.3) is 0 Å². The molecule has 0 bridgehead atoms. The summed E-state index contributed by atoms with van der Waals surface area (Å²) < 4.78 is 16.3. The van der Waals surface area contributed by atoms with Crippen molar-refractivity contribution in [2.45, 2.75) is 25.9 Å². The van der Waals surface area contributed by atoms with Crippen LogP contribution in [-0.4, -0.2) is 36.6 Å². The zero-order chi connectivity index (χ0) is 18.8. The van der Waals surface area contributed by atoms with Gasteiger partial charge >= 0.3 is 5.97 Å². The number of ether oxygens (including phenoxy) is 2. The monoisotopic (exact) mass is 376 g/mol. The van der Waals surface area contributed by atoms with Gasteiger partial charge in [0.15, 0.2) is 6.10 Å². The lowest BCUT2D eigenvalue weighted by Crippen LogP contribution is -2.26. The molecule has 2 aromatic carbocycles. The van der Waals surface area contributed by atoms with E-state index >= 15 is 0 Å². The van der Waals surface area contributed by atoms with Crippen molar-refractivity contribution >= 4 is 18.0 Å². The zero-order valence-corrected chi connectivity index (χ0v) is 15.8. The van der Waals surface area contributed by atoms with Crippen LogP contribution in [0.25, 0.3) is 0 Å². The van der Waals surface area contributed by atoms with Crippen LogP contribution < -0.4 is 8.92 Å². The summed E-state index contributed by atoms with van der Waals surface area (Å²) in [7, 11) is 0. The average molecular weight is 376 g/mol. The molecule has 140 valence electrons. The van der Waals surface area contributed by atoms with E-state index < -0.39 is 12.1 Å². The lowest BCUT2D eigenvalue weighted by Gasteiger charge is -2.13. The smallest absolute Gasteiger partial charge is 0.333 e. The second-order valence-corrected chi connectivity index (χ2v) is 6.12. The number of carbonyl (C=O) groups is 1. The van der Waals surface area contributed by atoms with Crippen LogP contribution in [0.4, 0.5) is 0 Å². The fourth-order valence-electron chi connectivity index (χ4n) is 2.45. The molecule has 0 saturated heterocycles. The van der Waals surface area contributed by atoms with E-state index in [2.05, 4.69) is 0 Å². The summed E-state index contributed by atoms with van der Waals surface area (Å²) in [6.07, 6.45) is 2.21. The van der Waals surface area contributed by atoms with Crippen LogP contribution in [0.3, 0.4) is 0 Å². The summed E-state index contributed by atoms with van der Waals surface area (Å²) in [4.78, 5) is 11.1. The van der Waals surface area contributed by atoms with Gasteiger partial charge in [-0.1, -0.05) is 24.3 Å². The lowest BCUT2D eigenvalue weighted by molar-refractivity contribution is -0.149. The summed E-state index contributed by atoms with van der Waals surface area (Å²) in [5.41, 5.74) is 2.08. The van der Waals surface area contributed by atoms with Gasteiger partial charge in [-0.2, -0.15) is 0 Å². The third-order valence-corrected chi connectivity index (χ3v) is 4.11. The Labute approximate surface area is 158 Å². The Morgan fingerprint density at radius 3 is 2.23 bits per heavy atom. The van der Waals surface area contributed by atoms with Crippen molar-refractivity contribution in [2.75, 3.05) is 19.5 Å². The minimum absolute atomic E-state index is 0.341. The number of rotatable bonds is 11. The van der Waals surface area contributed by atoms with Gasteiger partial charge in [-0.15, -0.1) is 0 Å². The average Bonchev–Trinajstić information content (AvgIpc) is 2.64. The molecule has 0 amide bonds. The van der Waals surface area contributed by atoms with Crippen LogP contribution in [0.15, 0.2) is 48.5 Å². The van der Waals surface area contributed by atoms with E-state index in [1.165, 1.54) is 17.6 Å². The van der Waals surface area contributed by atoms with Crippen LogP contribution in [0, 0.1) is 0 Å². The predicted molar refractivity (Wildman–Crippen MR) is 103 cm³/mol. The van der Waals surface area contributed by atoms with E-state index in [-0.39, 0.29) is 0 Å². The van der Waals surface area contributed by atoms with Crippen molar-refractivity contribution in [2.24, 2.45) is 0 Å². The van der Waals surface area contributed by atoms with Crippen LogP contribution >= 0.6 is 12.0 Å². The van der Waals surface area contributed by atoms with Crippen molar-refractivity contribution in [1.29, 1.82) is 0 Å². The Kier molecular flexibility index (Phi) is 8.31. The molecule has 2 rings (SSSR count). The van der Waals surface area contributed by atoms with E-state index in [1.54, 1.807) is 6.92 Å². The van der Waals surface area contributed by atoms with E-state index in [4.69, 9.17) is 18.8 Å². The van der Waals surface area contributed by atoms with Gasteiger partial charge in [-0.3, -0.25) is 0 Å². The van der Waals surface area contributed by atoms with Gasteiger partial charge in [0.05, 0.1) is 18.6 Å². The highest BCUT2D eigenvalue weighted by atomic mass is 32.2. The number of hydrogen-bond donors (Lipinski definition) is 1. The third-order valence-electron chi connectivity index (χ3n) is 3.75. The minimum atomic E-state index is -0.943. The third kappa shape index (κ3) is 6.61. The maximum atomic E-state index is 11.1. The molecule has 5 nitrogen and oxygen atoms in total. The first-order valence-corrected chi connectivity index (χ1v) is 9.63. The van der Waals surface area contributed by atoms with E-state index in [1.807, 2.05) is 54.8 Å². The van der Waals surface area contributed by atoms with E-state index in [9.17, 15) is 4.79 Å². The molecule has 0 aliphatic heterocycles. The largest absolute Gasteiger partial charge is 0.493 e. The second-order valence-electron chi connectivity index (χ2n) is 5.62. The van der Waals surface area contributed by atoms with Gasteiger partial charge in [0, 0.05) is 25.7 Å². The van der Waals surface area contributed by atoms with Gasteiger partial charge in [-0.25, -0.2) is 4.79 Å². The molecule has 1 atom stereocenters. The molecule has 0 aliphatic carbocycles. The highest BCUT2D eigenvalue weighted by Crippen LogP contribution is 2.17. The van der Waals surface area contributed by atoms with Gasteiger partial charge in [-0.05, 0) is 42.3 Å². The summed E-state index contributed by atoms with van der Waals surface area (Å²) in [6, 6.07) is 15.4. The highest BCUT2D eigenvalue weighted by Gasteiger charge is 2.17. The molecule has 2 aromatic rings. The number of aliphatic carboxylic acids is 1. The van der Waals surface area contributed by atoms with Crippen molar-refractivity contribution in [3.05, 3.63) is 59.7 Å². The lowest BCUT2D eigenvalue weighted by atomic mass is 10.1. The van der Waals surface area contributed by atoms with Gasteiger partial charge < -0.3 is 18.8 Å². The quantitative estimate of drug-likeness (QED) is 0.598. The Bertz CT molecular complexity index is 670. The Balaban J connectivity index is 1.80. The molecule has 0 aliphatic rings. The molecule has 0 fully saturated rings. The molecular formula is C20H24O5S. The summed E-state index contributed by atoms with van der Waals surface area (Å²) in [5, 5.41) is 9.13. The van der Waals surface area contributed by atoms with Crippen molar-refractivity contribution in [1.82, 2.24) is 0 Å². The molecule has 0 saturated carbocycles. The fourth-order valence-corrected chi connectivity index (χ4v) is 2.75. The minimum Gasteiger partial charge on any atom is -0.493 e. The number of carboxylic acids is 1. The van der Waals surface area contributed by atoms with E-state index in [0.29, 0.717) is 19.6 Å². The summed E-state index contributed by atoms with van der Waals surface area (Å²) in [6.45, 7) is 2.73. The molecule has 0 spiro atoms. The Morgan fingerprint density at radius 2 is 1.65 bits per heavy atom. The van der Waals surface area contributed by atoms with Crippen LogP contribution in [-0.2, 0) is 22.4 Å². The van der Waals surface area contributed by atoms with Crippen molar-refractivity contribution in [3.63, 3.8) is 0 Å². The van der Waals surface area contributed by atoms with Crippen molar-refractivity contribution in [3.8, 4) is 11.5 Å². The Hall–Kier alpha value is -2.18. The SMILES string of the molecule is CCOC(Cc1ccc(OCCc2ccc(OSC)cc2)cc1)C(=O)O. The maximum absolute atomic E-state index is 11.1. The topological polar surface area (TPSA) is 65.0 Å². The first-order valence-electron chi connectivity index (χ1n) is 8.48. The van der Waals surface area contributed by atoms with Gasteiger partial charge in [0.2, 0.25) is 0 Å². The first-order chi connectivity index (χ1) is 12.6. The standard InChI is InChI=1S/C20H24O5S/c1-3-23-19(20(21)22)14-16-6-8-17(9-7-16)24-13-12-15-4-10-18(11-5-15)25-26-2/h4-11,19H,3,12-14H2,1-2H3,(H,21,22). The zero-order valence-electron chi connectivity index (χ0n) is 15.0. The molecular weight excluding hydrogens is 352 g/mol. The number of benzene rings is 2. The summed E-state index contributed by atoms with van der Waals surface area (Å²) >= 11 is 1.32. The van der Waals surface area contributed by atoms with Crippen LogP contribution in [0.5, 0.6) is 11.5 Å². The van der Waals surface area contributed by atoms with E-state index in [0.717, 1.165) is 23.5 Å². The second kappa shape index (κ2) is 10.7. The molecule has 0 heterocycles. The fraction of sp³-hybridized carbons (Fsp3) is 0.350. The molecule has 6 heteroatoms. The molecule has 1 N–H and O–H groups in total. The Morgan fingerprint density at radius 1 is 1.04 bits per heavy atom. The van der Waals surface area contributed by atoms with Crippen LogP contribution in [0.1, 0.15) is 18.1 Å². The number of carboxylic acid groups (broad SMARTS) is 1. The normalized spacial score (nSPS) is 11.8. The first kappa shape index (κ1) is 20.1. The molecule has 1 unspecified atom stereocenters. The molecule has 26 heavy (non-hydrogen) atoms. The molecule has 0 aromatic heterocycles. The van der Waals surface area contributed by atoms with Gasteiger partial charge in [0.1, 0.15) is 11.5 Å². The van der Waals surface area contributed by atoms with Crippen LogP contribution in [0.2, 0.25) is 0 Å². The number of hydrogen-bond acceptors (Lipinski definition) is 5. The predicted octanol–water partition coefficient (Wildman–Crippen LogP) is 4.00. The highest BCUT2D eigenvalue weighted by molar-refractivity contribution is 7.94. The molecule has 0 radical (unpaired) electrons.